The van der Waals surface area contributed by atoms with Crippen molar-refractivity contribution in [2.75, 3.05) is 13.6 Å². The molecule has 0 heterocycles. The van der Waals surface area contributed by atoms with Crippen molar-refractivity contribution >= 4 is 5.71 Å². The molecule has 0 aromatic heterocycles. The minimum absolute atomic E-state index is 0.748. The third-order valence-electron chi connectivity index (χ3n) is 1.63. The molecule has 0 saturated carbocycles. The zero-order valence-corrected chi connectivity index (χ0v) is 7.46. The summed E-state index contributed by atoms with van der Waals surface area (Å²) in [5, 5.41) is 11.4. The van der Waals surface area contributed by atoms with Gasteiger partial charge in [0.25, 0.3) is 0 Å². The van der Waals surface area contributed by atoms with Gasteiger partial charge in [0.05, 0.1) is 5.71 Å². The SMILES string of the molecule is C=C(C)N(C)CC/C(C)=N\O. The van der Waals surface area contributed by atoms with Gasteiger partial charge in [-0.1, -0.05) is 11.7 Å². The molecule has 0 spiro atoms. The van der Waals surface area contributed by atoms with Gasteiger partial charge < -0.3 is 10.1 Å². The minimum Gasteiger partial charge on any atom is -0.411 e. The molecule has 0 radical (unpaired) electrons. The standard InChI is InChI=1S/C8H16N2O/c1-7(2)10(4)6-5-8(3)9-11/h11H,1,5-6H2,2-4H3/b9-8-. The van der Waals surface area contributed by atoms with Crippen LogP contribution >= 0.6 is 0 Å². The summed E-state index contributed by atoms with van der Waals surface area (Å²) in [6, 6.07) is 0. The lowest BCUT2D eigenvalue weighted by Crippen LogP contribution is -2.18. The Labute approximate surface area is 68.0 Å². The fourth-order valence-electron chi connectivity index (χ4n) is 0.570. The van der Waals surface area contributed by atoms with Gasteiger partial charge in [0.2, 0.25) is 0 Å². The van der Waals surface area contributed by atoms with E-state index < -0.39 is 0 Å². The van der Waals surface area contributed by atoms with Crippen LogP contribution in [0, 0.1) is 0 Å². The third-order valence-corrected chi connectivity index (χ3v) is 1.63. The van der Waals surface area contributed by atoms with Gasteiger partial charge in [-0.2, -0.15) is 0 Å². The number of rotatable bonds is 4. The minimum atomic E-state index is 0.748. The molecule has 0 unspecified atom stereocenters. The Balaban J connectivity index is 3.62. The first-order chi connectivity index (χ1) is 5.07. The second-order valence-corrected chi connectivity index (χ2v) is 2.74. The van der Waals surface area contributed by atoms with E-state index in [-0.39, 0.29) is 0 Å². The first-order valence-corrected chi connectivity index (χ1v) is 3.62. The predicted octanol–water partition coefficient (Wildman–Crippen LogP) is 1.69. The molecule has 0 saturated heterocycles. The molecular formula is C8H16N2O. The fourth-order valence-corrected chi connectivity index (χ4v) is 0.570. The maximum Gasteiger partial charge on any atom is 0.0557 e. The highest BCUT2D eigenvalue weighted by Crippen LogP contribution is 1.97. The molecule has 0 aromatic carbocycles. The largest absolute Gasteiger partial charge is 0.411 e. The smallest absolute Gasteiger partial charge is 0.0557 e. The molecule has 0 amide bonds. The number of oxime groups is 1. The van der Waals surface area contributed by atoms with Crippen molar-refractivity contribution in [3.8, 4) is 0 Å². The Hall–Kier alpha value is -0.990. The van der Waals surface area contributed by atoms with Crippen molar-refractivity contribution in [1.82, 2.24) is 4.90 Å². The van der Waals surface area contributed by atoms with E-state index in [1.807, 2.05) is 18.9 Å². The molecule has 0 aromatic rings. The molecule has 0 rings (SSSR count). The fraction of sp³-hybridized carbons (Fsp3) is 0.625. The second kappa shape index (κ2) is 4.77. The number of hydrogen-bond acceptors (Lipinski definition) is 3. The topological polar surface area (TPSA) is 35.8 Å². The van der Waals surface area contributed by atoms with E-state index in [9.17, 15) is 0 Å². The van der Waals surface area contributed by atoms with Crippen LogP contribution < -0.4 is 0 Å². The molecular weight excluding hydrogens is 140 g/mol. The quantitative estimate of drug-likeness (QED) is 0.382. The van der Waals surface area contributed by atoms with E-state index in [0.29, 0.717) is 0 Å². The van der Waals surface area contributed by atoms with Crippen molar-refractivity contribution < 1.29 is 5.21 Å². The molecule has 3 heteroatoms. The monoisotopic (exact) mass is 156 g/mol. The van der Waals surface area contributed by atoms with Crippen LogP contribution in [0.5, 0.6) is 0 Å². The van der Waals surface area contributed by atoms with E-state index in [1.54, 1.807) is 6.92 Å². The van der Waals surface area contributed by atoms with Crippen molar-refractivity contribution in [3.05, 3.63) is 12.3 Å². The number of nitrogens with zero attached hydrogens (tertiary/aromatic N) is 2. The van der Waals surface area contributed by atoms with Crippen molar-refractivity contribution in [3.63, 3.8) is 0 Å². The average molecular weight is 156 g/mol. The van der Waals surface area contributed by atoms with Crippen LogP contribution in [0.4, 0.5) is 0 Å². The lowest BCUT2D eigenvalue weighted by atomic mass is 10.3. The number of hydrogen-bond donors (Lipinski definition) is 1. The molecule has 11 heavy (non-hydrogen) atoms. The highest BCUT2D eigenvalue weighted by molar-refractivity contribution is 5.81. The molecule has 0 aliphatic rings. The normalized spacial score (nSPS) is 11.4. The Morgan fingerprint density at radius 2 is 2.09 bits per heavy atom. The zero-order chi connectivity index (χ0) is 8.85. The van der Waals surface area contributed by atoms with Crippen LogP contribution in [0.1, 0.15) is 20.3 Å². The number of allylic oxidation sites excluding steroid dienone is 1. The van der Waals surface area contributed by atoms with E-state index in [4.69, 9.17) is 5.21 Å². The van der Waals surface area contributed by atoms with Gasteiger partial charge in [0, 0.05) is 25.7 Å². The lowest BCUT2D eigenvalue weighted by Gasteiger charge is -2.17. The Bertz CT molecular complexity index is 163. The molecule has 0 aliphatic heterocycles. The maximum atomic E-state index is 8.33. The van der Waals surface area contributed by atoms with Gasteiger partial charge in [0.15, 0.2) is 0 Å². The first kappa shape index (κ1) is 10.0. The van der Waals surface area contributed by atoms with Crippen LogP contribution in [0.2, 0.25) is 0 Å². The Kier molecular flexibility index (Phi) is 4.34. The summed E-state index contributed by atoms with van der Waals surface area (Å²) >= 11 is 0. The highest BCUT2D eigenvalue weighted by atomic mass is 16.4. The van der Waals surface area contributed by atoms with Crippen molar-refractivity contribution in [2.24, 2.45) is 5.16 Å². The lowest BCUT2D eigenvalue weighted by molar-refractivity contribution is 0.315. The van der Waals surface area contributed by atoms with Crippen molar-refractivity contribution in [2.45, 2.75) is 20.3 Å². The molecule has 0 bridgehead atoms. The van der Waals surface area contributed by atoms with Gasteiger partial charge in [0.1, 0.15) is 0 Å². The Morgan fingerprint density at radius 3 is 2.45 bits per heavy atom. The van der Waals surface area contributed by atoms with Crippen LogP contribution in [-0.4, -0.2) is 29.4 Å². The summed E-state index contributed by atoms with van der Waals surface area (Å²) in [4.78, 5) is 2.02. The molecule has 0 atom stereocenters. The van der Waals surface area contributed by atoms with Gasteiger partial charge in [-0.25, -0.2) is 0 Å². The van der Waals surface area contributed by atoms with Crippen LogP contribution in [-0.2, 0) is 0 Å². The summed E-state index contributed by atoms with van der Waals surface area (Å²) in [5.74, 6) is 0. The van der Waals surface area contributed by atoms with Crippen LogP contribution in [0.25, 0.3) is 0 Å². The van der Waals surface area contributed by atoms with E-state index in [0.717, 1.165) is 24.4 Å². The van der Waals surface area contributed by atoms with Gasteiger partial charge in [-0.15, -0.1) is 0 Å². The summed E-state index contributed by atoms with van der Waals surface area (Å²) in [7, 11) is 1.97. The van der Waals surface area contributed by atoms with Crippen LogP contribution in [0.3, 0.4) is 0 Å². The summed E-state index contributed by atoms with van der Waals surface area (Å²) < 4.78 is 0. The third kappa shape index (κ3) is 4.42. The summed E-state index contributed by atoms with van der Waals surface area (Å²) in [6.45, 7) is 8.38. The van der Waals surface area contributed by atoms with E-state index in [2.05, 4.69) is 11.7 Å². The van der Waals surface area contributed by atoms with Gasteiger partial charge >= 0.3 is 0 Å². The molecule has 64 valence electrons. The highest BCUT2D eigenvalue weighted by Gasteiger charge is 1.97. The van der Waals surface area contributed by atoms with Gasteiger partial charge in [-0.05, 0) is 13.8 Å². The maximum absolute atomic E-state index is 8.33. The van der Waals surface area contributed by atoms with E-state index in [1.165, 1.54) is 0 Å². The average Bonchev–Trinajstić information content (AvgIpc) is 1.99. The summed E-state index contributed by atoms with van der Waals surface area (Å²) in [6.07, 6.45) is 0.778. The second-order valence-electron chi connectivity index (χ2n) is 2.74. The van der Waals surface area contributed by atoms with Crippen LogP contribution in [0.15, 0.2) is 17.4 Å². The zero-order valence-electron chi connectivity index (χ0n) is 7.46. The molecule has 1 N–H and O–H groups in total. The first-order valence-electron chi connectivity index (χ1n) is 3.62. The molecule has 0 fully saturated rings. The summed E-state index contributed by atoms with van der Waals surface area (Å²) in [5.41, 5.74) is 1.77. The molecule has 3 nitrogen and oxygen atoms in total. The van der Waals surface area contributed by atoms with Gasteiger partial charge in [-0.3, -0.25) is 0 Å². The Morgan fingerprint density at radius 1 is 1.55 bits per heavy atom. The van der Waals surface area contributed by atoms with Crippen molar-refractivity contribution in [1.29, 1.82) is 0 Å². The van der Waals surface area contributed by atoms with E-state index >= 15 is 0 Å². The molecule has 0 aliphatic carbocycles. The predicted molar refractivity (Wildman–Crippen MR) is 47.0 cm³/mol.